The molecule has 3 nitrogen and oxygen atoms in total. The fourth-order valence-electron chi connectivity index (χ4n) is 0.708. The maximum atomic E-state index is 11.0. The molecule has 3 heteroatoms. The van der Waals surface area contributed by atoms with E-state index in [4.69, 9.17) is 4.74 Å². The number of aliphatic hydroxyl groups is 1. The molecule has 0 aliphatic rings. The number of hydrogen-bond donors (Lipinski definition) is 1. The molecule has 0 aromatic carbocycles. The Hall–Kier alpha value is -0.570. The van der Waals surface area contributed by atoms with Gasteiger partial charge in [0, 0.05) is 0 Å². The van der Waals surface area contributed by atoms with Crippen LogP contribution in [0.2, 0.25) is 0 Å². The van der Waals surface area contributed by atoms with E-state index < -0.39 is 5.60 Å². The van der Waals surface area contributed by atoms with E-state index in [0.29, 0.717) is 6.61 Å². The van der Waals surface area contributed by atoms with Gasteiger partial charge in [0.15, 0.2) is 0 Å². The van der Waals surface area contributed by atoms with Gasteiger partial charge in [-0.3, -0.25) is 4.79 Å². The van der Waals surface area contributed by atoms with E-state index in [9.17, 15) is 9.90 Å². The second-order valence-electron chi connectivity index (χ2n) is 3.49. The Morgan fingerprint density at radius 3 is 2.42 bits per heavy atom. The van der Waals surface area contributed by atoms with Gasteiger partial charge in [-0.15, -0.1) is 0 Å². The molecular formula is C9H18O3. The van der Waals surface area contributed by atoms with Crippen LogP contribution in [-0.4, -0.2) is 23.3 Å². The average Bonchev–Trinajstić information content (AvgIpc) is 1.85. The lowest BCUT2D eigenvalue weighted by atomic mass is 9.89. The van der Waals surface area contributed by atoms with Crippen LogP contribution in [0.3, 0.4) is 0 Å². The van der Waals surface area contributed by atoms with Gasteiger partial charge in [-0.2, -0.15) is 0 Å². The van der Waals surface area contributed by atoms with Gasteiger partial charge >= 0.3 is 5.97 Å². The fourth-order valence-corrected chi connectivity index (χ4v) is 0.708. The van der Waals surface area contributed by atoms with Gasteiger partial charge in [-0.05, 0) is 19.8 Å². The predicted octanol–water partition coefficient (Wildman–Crippen LogP) is 1.35. The van der Waals surface area contributed by atoms with Crippen molar-refractivity contribution >= 4 is 5.97 Å². The molecule has 1 N–H and O–H groups in total. The average molecular weight is 174 g/mol. The summed E-state index contributed by atoms with van der Waals surface area (Å²) in [6, 6.07) is 0. The predicted molar refractivity (Wildman–Crippen MR) is 46.7 cm³/mol. The van der Waals surface area contributed by atoms with E-state index in [1.54, 1.807) is 13.8 Å². The van der Waals surface area contributed by atoms with Crippen LogP contribution in [0.25, 0.3) is 0 Å². The molecule has 0 amide bonds. The van der Waals surface area contributed by atoms with Gasteiger partial charge < -0.3 is 9.84 Å². The smallest absolute Gasteiger partial charge is 0.308 e. The Kier molecular flexibility index (Phi) is 4.24. The zero-order valence-corrected chi connectivity index (χ0v) is 8.26. The Balaban J connectivity index is 3.97. The molecule has 0 aromatic heterocycles. The van der Waals surface area contributed by atoms with Gasteiger partial charge in [-0.1, -0.05) is 13.8 Å². The number of hydrogen-bond acceptors (Lipinski definition) is 3. The zero-order chi connectivity index (χ0) is 9.78. The summed E-state index contributed by atoms with van der Waals surface area (Å²) in [5.74, 6) is -0.280. The molecule has 0 aliphatic carbocycles. The first kappa shape index (κ1) is 11.4. The lowest BCUT2D eigenvalue weighted by Gasteiger charge is -2.26. The van der Waals surface area contributed by atoms with Crippen LogP contribution >= 0.6 is 0 Å². The number of rotatable bonds is 4. The third-order valence-corrected chi connectivity index (χ3v) is 2.05. The standard InChI is InChI=1S/C9H18O3/c1-5-12-8(10)6-9(4,11)7(2)3/h7,11H,5-6H2,1-4H3. The summed E-state index contributed by atoms with van der Waals surface area (Å²) in [5, 5.41) is 9.69. The summed E-state index contributed by atoms with van der Waals surface area (Å²) < 4.78 is 4.73. The van der Waals surface area contributed by atoms with E-state index in [2.05, 4.69) is 0 Å². The molecule has 1 unspecified atom stereocenters. The highest BCUT2D eigenvalue weighted by Crippen LogP contribution is 2.20. The molecule has 0 fully saturated rings. The van der Waals surface area contributed by atoms with E-state index in [0.717, 1.165) is 0 Å². The van der Waals surface area contributed by atoms with Crippen LogP contribution in [0.15, 0.2) is 0 Å². The van der Waals surface area contributed by atoms with Crippen LogP contribution in [0.1, 0.15) is 34.1 Å². The Morgan fingerprint density at radius 1 is 1.58 bits per heavy atom. The van der Waals surface area contributed by atoms with Gasteiger partial charge in [0.05, 0.1) is 18.6 Å². The fraction of sp³-hybridized carbons (Fsp3) is 0.889. The number of carbonyl (C=O) groups is 1. The van der Waals surface area contributed by atoms with E-state index in [1.165, 1.54) is 0 Å². The van der Waals surface area contributed by atoms with Gasteiger partial charge in [0.2, 0.25) is 0 Å². The molecule has 0 saturated carbocycles. The second kappa shape index (κ2) is 4.45. The molecule has 0 aromatic rings. The summed E-state index contributed by atoms with van der Waals surface area (Å²) in [5.41, 5.74) is -0.952. The normalized spacial score (nSPS) is 15.8. The summed E-state index contributed by atoms with van der Waals surface area (Å²) >= 11 is 0. The molecular weight excluding hydrogens is 156 g/mol. The first-order valence-electron chi connectivity index (χ1n) is 4.28. The highest BCUT2D eigenvalue weighted by atomic mass is 16.5. The van der Waals surface area contributed by atoms with Crippen molar-refractivity contribution < 1.29 is 14.6 Å². The SMILES string of the molecule is CCOC(=O)CC(C)(O)C(C)C. The van der Waals surface area contributed by atoms with Crippen molar-refractivity contribution in [1.82, 2.24) is 0 Å². The van der Waals surface area contributed by atoms with Crippen LogP contribution in [0, 0.1) is 5.92 Å². The van der Waals surface area contributed by atoms with Crippen molar-refractivity contribution in [3.8, 4) is 0 Å². The molecule has 0 spiro atoms. The molecule has 0 rings (SSSR count). The number of ether oxygens (including phenoxy) is 1. The second-order valence-corrected chi connectivity index (χ2v) is 3.49. The Morgan fingerprint density at radius 2 is 2.08 bits per heavy atom. The molecule has 0 bridgehead atoms. The zero-order valence-electron chi connectivity index (χ0n) is 8.26. The number of esters is 1. The van der Waals surface area contributed by atoms with Crippen LogP contribution in [-0.2, 0) is 9.53 Å². The molecule has 0 heterocycles. The van der Waals surface area contributed by atoms with E-state index >= 15 is 0 Å². The molecule has 0 aliphatic heterocycles. The minimum Gasteiger partial charge on any atom is -0.466 e. The van der Waals surface area contributed by atoms with Crippen molar-refractivity contribution in [2.45, 2.75) is 39.7 Å². The van der Waals surface area contributed by atoms with Crippen molar-refractivity contribution in [2.24, 2.45) is 5.92 Å². The third-order valence-electron chi connectivity index (χ3n) is 2.05. The molecule has 12 heavy (non-hydrogen) atoms. The summed E-state index contributed by atoms with van der Waals surface area (Å²) in [6.45, 7) is 7.52. The molecule has 72 valence electrons. The molecule has 1 atom stereocenters. The summed E-state index contributed by atoms with van der Waals surface area (Å²) in [7, 11) is 0. The monoisotopic (exact) mass is 174 g/mol. The first-order chi connectivity index (χ1) is 5.40. The lowest BCUT2D eigenvalue weighted by molar-refractivity contribution is -0.149. The van der Waals surface area contributed by atoms with Crippen molar-refractivity contribution in [1.29, 1.82) is 0 Å². The van der Waals surface area contributed by atoms with Crippen molar-refractivity contribution in [3.05, 3.63) is 0 Å². The lowest BCUT2D eigenvalue weighted by Crippen LogP contribution is -2.34. The third kappa shape index (κ3) is 3.72. The summed E-state index contributed by atoms with van der Waals surface area (Å²) in [4.78, 5) is 11.0. The van der Waals surface area contributed by atoms with Crippen molar-refractivity contribution in [3.63, 3.8) is 0 Å². The maximum absolute atomic E-state index is 11.0. The van der Waals surface area contributed by atoms with Gasteiger partial charge in [0.25, 0.3) is 0 Å². The Labute approximate surface area is 73.7 Å². The van der Waals surface area contributed by atoms with Crippen LogP contribution in [0.5, 0.6) is 0 Å². The Bertz CT molecular complexity index is 150. The van der Waals surface area contributed by atoms with Crippen molar-refractivity contribution in [2.75, 3.05) is 6.61 Å². The largest absolute Gasteiger partial charge is 0.466 e. The molecule has 0 saturated heterocycles. The van der Waals surface area contributed by atoms with Gasteiger partial charge in [0.1, 0.15) is 0 Å². The number of carbonyl (C=O) groups excluding carboxylic acids is 1. The van der Waals surface area contributed by atoms with E-state index in [-0.39, 0.29) is 18.3 Å². The highest BCUT2D eigenvalue weighted by Gasteiger charge is 2.28. The quantitative estimate of drug-likeness (QED) is 0.654. The van der Waals surface area contributed by atoms with E-state index in [1.807, 2.05) is 13.8 Å². The maximum Gasteiger partial charge on any atom is 0.308 e. The highest BCUT2D eigenvalue weighted by molar-refractivity contribution is 5.70. The van der Waals surface area contributed by atoms with Crippen LogP contribution in [0.4, 0.5) is 0 Å². The van der Waals surface area contributed by atoms with Gasteiger partial charge in [-0.25, -0.2) is 0 Å². The first-order valence-corrected chi connectivity index (χ1v) is 4.28. The minimum atomic E-state index is -0.952. The topological polar surface area (TPSA) is 46.5 Å². The summed E-state index contributed by atoms with van der Waals surface area (Å²) in [6.07, 6.45) is 0.0680. The molecule has 0 radical (unpaired) electrons. The van der Waals surface area contributed by atoms with Crippen LogP contribution < -0.4 is 0 Å². The minimum absolute atomic E-state index is 0.0573.